The largest absolute Gasteiger partial charge is 0.324 e. The molecule has 170 valence electrons. The number of piperidine rings is 1. The van der Waals surface area contributed by atoms with Crippen LogP contribution >= 0.6 is 0 Å². The predicted molar refractivity (Wildman–Crippen MR) is 131 cm³/mol. The van der Waals surface area contributed by atoms with E-state index in [1.165, 1.54) is 36.2 Å². The zero-order chi connectivity index (χ0) is 22.8. The quantitative estimate of drug-likeness (QED) is 0.361. The number of fused-ring (bicyclic) bond motifs is 1. The molecule has 0 radical (unpaired) electrons. The van der Waals surface area contributed by atoms with Crippen LogP contribution in [-0.2, 0) is 13.0 Å². The zero-order valence-corrected chi connectivity index (χ0v) is 19.4. The second-order valence-corrected chi connectivity index (χ2v) is 9.45. The summed E-state index contributed by atoms with van der Waals surface area (Å²) in [6, 6.07) is 19.9. The molecular formula is C28H31FN4. The van der Waals surface area contributed by atoms with Gasteiger partial charge in [0.25, 0.3) is 0 Å². The molecule has 1 fully saturated rings. The first-order valence-corrected chi connectivity index (χ1v) is 11.9. The molecule has 0 aliphatic carbocycles. The number of rotatable bonds is 6. The third-order valence-electron chi connectivity index (χ3n) is 6.64. The highest BCUT2D eigenvalue weighted by molar-refractivity contribution is 5.76. The van der Waals surface area contributed by atoms with E-state index in [1.807, 2.05) is 18.3 Å². The van der Waals surface area contributed by atoms with Crippen molar-refractivity contribution in [1.82, 2.24) is 19.4 Å². The topological polar surface area (TPSA) is 34.0 Å². The lowest BCUT2D eigenvalue weighted by Crippen LogP contribution is -2.35. The van der Waals surface area contributed by atoms with Crippen molar-refractivity contribution in [3.05, 3.63) is 95.3 Å². The lowest BCUT2D eigenvalue weighted by molar-refractivity contribution is 0.191. The van der Waals surface area contributed by atoms with Gasteiger partial charge >= 0.3 is 0 Å². The maximum absolute atomic E-state index is 13.1. The van der Waals surface area contributed by atoms with E-state index in [1.54, 1.807) is 0 Å². The summed E-state index contributed by atoms with van der Waals surface area (Å²) in [5.74, 6) is 1.39. The standard InChI is InChI=1S/C28H31FN4/c1-20(2)33-27-8-4-3-7-26(27)31-28(33)19-32-15-5-6-23(18-32)25-14-11-22(17-30-25)16-21-9-12-24(29)13-10-21/h3-4,7-14,17,20,23H,5-6,15-16,18-19H2,1-2H3. The van der Waals surface area contributed by atoms with Gasteiger partial charge in [-0.05, 0) is 81.1 Å². The van der Waals surface area contributed by atoms with Gasteiger partial charge in [-0.1, -0.05) is 30.3 Å². The fourth-order valence-electron chi connectivity index (χ4n) is 5.04. The summed E-state index contributed by atoms with van der Waals surface area (Å²) < 4.78 is 15.5. The van der Waals surface area contributed by atoms with E-state index in [0.717, 1.165) is 48.5 Å². The summed E-state index contributed by atoms with van der Waals surface area (Å²) in [5, 5.41) is 0. The molecule has 3 heterocycles. The fraction of sp³-hybridized carbons (Fsp3) is 0.357. The highest BCUT2D eigenvalue weighted by Crippen LogP contribution is 2.28. The van der Waals surface area contributed by atoms with Gasteiger partial charge in [-0.3, -0.25) is 9.88 Å². The summed E-state index contributed by atoms with van der Waals surface area (Å²) in [4.78, 5) is 12.3. The van der Waals surface area contributed by atoms with Crippen molar-refractivity contribution in [1.29, 1.82) is 0 Å². The van der Waals surface area contributed by atoms with E-state index in [9.17, 15) is 4.39 Å². The van der Waals surface area contributed by atoms with Crippen LogP contribution in [0.2, 0.25) is 0 Å². The Hall–Kier alpha value is -3.05. The van der Waals surface area contributed by atoms with Crippen LogP contribution in [0, 0.1) is 5.82 Å². The van der Waals surface area contributed by atoms with E-state index >= 15 is 0 Å². The summed E-state index contributed by atoms with van der Waals surface area (Å²) in [6.45, 7) is 7.43. The molecule has 0 N–H and O–H groups in total. The summed E-state index contributed by atoms with van der Waals surface area (Å²) in [7, 11) is 0. The van der Waals surface area contributed by atoms with Crippen LogP contribution in [-0.4, -0.2) is 32.5 Å². The Balaban J connectivity index is 1.28. The van der Waals surface area contributed by atoms with Gasteiger partial charge in [-0.25, -0.2) is 9.37 Å². The lowest BCUT2D eigenvalue weighted by atomic mass is 9.93. The van der Waals surface area contributed by atoms with Gasteiger partial charge in [-0.15, -0.1) is 0 Å². The second kappa shape index (κ2) is 9.44. The molecule has 1 aliphatic heterocycles. The molecule has 33 heavy (non-hydrogen) atoms. The molecule has 0 spiro atoms. The molecule has 5 rings (SSSR count). The monoisotopic (exact) mass is 442 g/mol. The molecule has 1 saturated heterocycles. The van der Waals surface area contributed by atoms with E-state index in [2.05, 4.69) is 59.7 Å². The Bertz CT molecular complexity index is 1210. The van der Waals surface area contributed by atoms with Crippen molar-refractivity contribution in [3.63, 3.8) is 0 Å². The highest BCUT2D eigenvalue weighted by Gasteiger charge is 2.24. The van der Waals surface area contributed by atoms with Crippen molar-refractivity contribution in [2.24, 2.45) is 0 Å². The second-order valence-electron chi connectivity index (χ2n) is 9.45. The molecule has 2 aromatic heterocycles. The number of hydrogen-bond donors (Lipinski definition) is 0. The molecular weight excluding hydrogens is 411 g/mol. The summed E-state index contributed by atoms with van der Waals surface area (Å²) in [6.07, 6.45) is 5.10. The fourth-order valence-corrected chi connectivity index (χ4v) is 5.04. The van der Waals surface area contributed by atoms with Gasteiger partial charge in [0, 0.05) is 30.4 Å². The molecule has 5 heteroatoms. The van der Waals surface area contributed by atoms with Crippen LogP contribution < -0.4 is 0 Å². The maximum Gasteiger partial charge on any atom is 0.124 e. The number of benzene rings is 2. The first-order chi connectivity index (χ1) is 16.1. The molecule has 0 amide bonds. The van der Waals surface area contributed by atoms with Crippen molar-refractivity contribution in [2.45, 2.75) is 51.6 Å². The van der Waals surface area contributed by atoms with Crippen LogP contribution in [0.15, 0.2) is 66.9 Å². The Labute approximate surface area is 195 Å². The molecule has 2 aromatic carbocycles. The third-order valence-corrected chi connectivity index (χ3v) is 6.64. The molecule has 0 saturated carbocycles. The van der Waals surface area contributed by atoms with Crippen molar-refractivity contribution < 1.29 is 4.39 Å². The number of aromatic nitrogens is 3. The number of hydrogen-bond acceptors (Lipinski definition) is 3. The smallest absolute Gasteiger partial charge is 0.124 e. The maximum atomic E-state index is 13.1. The van der Waals surface area contributed by atoms with Gasteiger partial charge < -0.3 is 4.57 Å². The summed E-state index contributed by atoms with van der Waals surface area (Å²) in [5.41, 5.74) is 5.72. The van der Waals surface area contributed by atoms with Gasteiger partial charge in [-0.2, -0.15) is 0 Å². The van der Waals surface area contributed by atoms with E-state index in [0.29, 0.717) is 12.0 Å². The molecule has 1 aliphatic rings. The molecule has 1 atom stereocenters. The highest BCUT2D eigenvalue weighted by atomic mass is 19.1. The van der Waals surface area contributed by atoms with Gasteiger partial charge in [0.05, 0.1) is 17.6 Å². The van der Waals surface area contributed by atoms with Crippen LogP contribution in [0.1, 0.15) is 61.3 Å². The van der Waals surface area contributed by atoms with Crippen molar-refractivity contribution in [3.8, 4) is 0 Å². The van der Waals surface area contributed by atoms with Crippen LogP contribution in [0.25, 0.3) is 11.0 Å². The minimum atomic E-state index is -0.196. The predicted octanol–water partition coefficient (Wildman–Crippen LogP) is 6.12. The zero-order valence-electron chi connectivity index (χ0n) is 19.4. The number of para-hydroxylation sites is 2. The Morgan fingerprint density at radius 3 is 2.55 bits per heavy atom. The number of nitrogens with zero attached hydrogens (tertiary/aromatic N) is 4. The number of imidazole rings is 1. The van der Waals surface area contributed by atoms with Crippen molar-refractivity contribution >= 4 is 11.0 Å². The van der Waals surface area contributed by atoms with E-state index in [4.69, 9.17) is 9.97 Å². The van der Waals surface area contributed by atoms with E-state index in [-0.39, 0.29) is 5.82 Å². The van der Waals surface area contributed by atoms with Crippen LogP contribution in [0.3, 0.4) is 0 Å². The van der Waals surface area contributed by atoms with Crippen LogP contribution in [0.4, 0.5) is 4.39 Å². The Morgan fingerprint density at radius 1 is 1.00 bits per heavy atom. The SMILES string of the molecule is CC(C)n1c(CN2CCCC(c3ccc(Cc4ccc(F)cc4)cn3)C2)nc2ccccc21. The molecule has 0 bridgehead atoms. The number of pyridine rings is 1. The Morgan fingerprint density at radius 2 is 1.79 bits per heavy atom. The van der Waals surface area contributed by atoms with Gasteiger partial charge in [0.15, 0.2) is 0 Å². The minimum Gasteiger partial charge on any atom is -0.324 e. The molecule has 1 unspecified atom stereocenters. The van der Waals surface area contributed by atoms with Crippen LogP contribution in [0.5, 0.6) is 0 Å². The van der Waals surface area contributed by atoms with Gasteiger partial charge in [0.2, 0.25) is 0 Å². The summed E-state index contributed by atoms with van der Waals surface area (Å²) >= 11 is 0. The Kier molecular flexibility index (Phi) is 6.23. The first-order valence-electron chi connectivity index (χ1n) is 11.9. The average Bonchev–Trinajstić information content (AvgIpc) is 3.19. The molecule has 4 aromatic rings. The average molecular weight is 443 g/mol. The number of halogens is 1. The molecule has 4 nitrogen and oxygen atoms in total. The first kappa shape index (κ1) is 21.8. The normalized spacial score (nSPS) is 17.2. The lowest BCUT2D eigenvalue weighted by Gasteiger charge is -2.32. The minimum absolute atomic E-state index is 0.196. The van der Waals surface area contributed by atoms with Crippen molar-refractivity contribution in [2.75, 3.05) is 13.1 Å². The van der Waals surface area contributed by atoms with E-state index < -0.39 is 0 Å². The van der Waals surface area contributed by atoms with Gasteiger partial charge in [0.1, 0.15) is 11.6 Å². The number of likely N-dealkylation sites (tertiary alicyclic amines) is 1. The third kappa shape index (κ3) is 4.83.